The quantitative estimate of drug-likeness (QED) is 0.658. The van der Waals surface area contributed by atoms with Gasteiger partial charge in [0.05, 0.1) is 13.2 Å². The summed E-state index contributed by atoms with van der Waals surface area (Å²) < 4.78 is 5.22. The van der Waals surface area contributed by atoms with Crippen molar-refractivity contribution in [2.75, 3.05) is 12.4 Å². The van der Waals surface area contributed by atoms with E-state index in [2.05, 4.69) is 40.6 Å². The molecule has 0 aliphatic heterocycles. The van der Waals surface area contributed by atoms with E-state index in [-0.39, 0.29) is 0 Å². The fourth-order valence-corrected chi connectivity index (χ4v) is 3.02. The zero-order valence-corrected chi connectivity index (χ0v) is 13.5. The molecule has 0 saturated carbocycles. The van der Waals surface area contributed by atoms with Crippen molar-refractivity contribution in [3.8, 4) is 0 Å². The second-order valence-corrected chi connectivity index (χ2v) is 5.87. The molecule has 23 heavy (non-hydrogen) atoms. The number of nitrogens with one attached hydrogen (secondary N) is 1. The van der Waals surface area contributed by atoms with E-state index < -0.39 is 0 Å². The van der Waals surface area contributed by atoms with Crippen LogP contribution in [0.3, 0.4) is 0 Å². The lowest BCUT2D eigenvalue weighted by molar-refractivity contribution is 0.184. The average molecular weight is 309 g/mol. The minimum absolute atomic E-state index is 0.440. The predicted octanol–water partition coefficient (Wildman–Crippen LogP) is 3.25. The molecule has 2 aromatic carbocycles. The van der Waals surface area contributed by atoms with Gasteiger partial charge in [0.25, 0.3) is 0 Å². The van der Waals surface area contributed by atoms with Gasteiger partial charge in [0.15, 0.2) is 5.96 Å². The number of anilines is 1. The van der Waals surface area contributed by atoms with Crippen LogP contribution in [0.4, 0.5) is 5.69 Å². The van der Waals surface area contributed by atoms with Crippen molar-refractivity contribution in [3.05, 3.63) is 64.7 Å². The van der Waals surface area contributed by atoms with Gasteiger partial charge in [0, 0.05) is 12.8 Å². The minimum Gasteiger partial charge on any atom is -0.380 e. The Morgan fingerprint density at radius 3 is 2.74 bits per heavy atom. The summed E-state index contributed by atoms with van der Waals surface area (Å²) in [6, 6.07) is 14.6. The number of rotatable bonds is 5. The SMILES string of the molecule is COCc1ccccc1CN=C(N)Nc1ccc2c(c1)CCC2. The first kappa shape index (κ1) is 15.6. The van der Waals surface area contributed by atoms with E-state index in [4.69, 9.17) is 10.5 Å². The molecular weight excluding hydrogens is 286 g/mol. The van der Waals surface area contributed by atoms with Gasteiger partial charge in [-0.25, -0.2) is 4.99 Å². The van der Waals surface area contributed by atoms with Crippen molar-refractivity contribution in [2.24, 2.45) is 10.7 Å². The van der Waals surface area contributed by atoms with Gasteiger partial charge >= 0.3 is 0 Å². The van der Waals surface area contributed by atoms with Crippen LogP contribution in [0.2, 0.25) is 0 Å². The summed E-state index contributed by atoms with van der Waals surface area (Å²) in [5.74, 6) is 0.440. The van der Waals surface area contributed by atoms with Gasteiger partial charge in [0.1, 0.15) is 0 Å². The van der Waals surface area contributed by atoms with E-state index in [1.54, 1.807) is 7.11 Å². The van der Waals surface area contributed by atoms with Crippen LogP contribution in [0, 0.1) is 0 Å². The van der Waals surface area contributed by atoms with Crippen molar-refractivity contribution in [1.82, 2.24) is 0 Å². The second-order valence-electron chi connectivity index (χ2n) is 5.87. The summed E-state index contributed by atoms with van der Waals surface area (Å²) in [5, 5.41) is 3.19. The highest BCUT2D eigenvalue weighted by Crippen LogP contribution is 2.24. The highest BCUT2D eigenvalue weighted by Gasteiger charge is 2.10. The van der Waals surface area contributed by atoms with Gasteiger partial charge in [-0.05, 0) is 53.6 Å². The van der Waals surface area contributed by atoms with E-state index in [1.165, 1.54) is 24.0 Å². The lowest BCUT2D eigenvalue weighted by Gasteiger charge is -2.09. The normalized spacial score (nSPS) is 13.9. The van der Waals surface area contributed by atoms with Gasteiger partial charge in [-0.3, -0.25) is 0 Å². The fourth-order valence-electron chi connectivity index (χ4n) is 3.02. The number of nitrogens with zero attached hydrogens (tertiary/aromatic N) is 1. The molecule has 1 aliphatic rings. The van der Waals surface area contributed by atoms with Crippen molar-refractivity contribution in [1.29, 1.82) is 0 Å². The molecule has 120 valence electrons. The highest BCUT2D eigenvalue weighted by atomic mass is 16.5. The van der Waals surface area contributed by atoms with Gasteiger partial charge in [0.2, 0.25) is 0 Å². The first-order valence-corrected chi connectivity index (χ1v) is 8.01. The molecule has 1 aliphatic carbocycles. The molecule has 0 saturated heterocycles. The molecule has 0 heterocycles. The minimum atomic E-state index is 0.440. The number of methoxy groups -OCH3 is 1. The fraction of sp³-hybridized carbons (Fsp3) is 0.316. The molecule has 0 fully saturated rings. The van der Waals surface area contributed by atoms with Crippen molar-refractivity contribution < 1.29 is 4.74 Å². The summed E-state index contributed by atoms with van der Waals surface area (Å²) in [6.07, 6.45) is 3.60. The topological polar surface area (TPSA) is 59.6 Å². The molecule has 0 bridgehead atoms. The summed E-state index contributed by atoms with van der Waals surface area (Å²) in [6.45, 7) is 1.13. The Balaban J connectivity index is 1.66. The smallest absolute Gasteiger partial charge is 0.193 e. The number of aryl methyl sites for hydroxylation is 2. The van der Waals surface area contributed by atoms with Crippen molar-refractivity contribution in [3.63, 3.8) is 0 Å². The van der Waals surface area contributed by atoms with E-state index in [1.807, 2.05) is 12.1 Å². The van der Waals surface area contributed by atoms with E-state index in [0.717, 1.165) is 23.2 Å². The molecule has 0 spiro atoms. The maximum atomic E-state index is 6.03. The average Bonchev–Trinajstić information content (AvgIpc) is 3.02. The molecule has 4 nitrogen and oxygen atoms in total. The van der Waals surface area contributed by atoms with Crippen LogP contribution < -0.4 is 11.1 Å². The molecule has 4 heteroatoms. The maximum Gasteiger partial charge on any atom is 0.193 e. The number of ether oxygens (including phenoxy) is 1. The van der Waals surface area contributed by atoms with Gasteiger partial charge in [-0.1, -0.05) is 30.3 Å². The molecule has 3 N–H and O–H groups in total. The first-order valence-electron chi connectivity index (χ1n) is 8.01. The molecule has 0 radical (unpaired) electrons. The zero-order valence-electron chi connectivity index (χ0n) is 13.5. The number of aliphatic imine (C=N–C) groups is 1. The Hall–Kier alpha value is -2.33. The second kappa shape index (κ2) is 7.29. The van der Waals surface area contributed by atoms with E-state index >= 15 is 0 Å². The Morgan fingerprint density at radius 1 is 1.13 bits per heavy atom. The summed E-state index contributed by atoms with van der Waals surface area (Å²) in [7, 11) is 1.70. The van der Waals surface area contributed by atoms with Gasteiger partial charge in [-0.15, -0.1) is 0 Å². The number of benzene rings is 2. The first-order chi connectivity index (χ1) is 11.3. The third-order valence-electron chi connectivity index (χ3n) is 4.21. The van der Waals surface area contributed by atoms with Crippen LogP contribution >= 0.6 is 0 Å². The lowest BCUT2D eigenvalue weighted by Crippen LogP contribution is -2.22. The van der Waals surface area contributed by atoms with Gasteiger partial charge < -0.3 is 15.8 Å². The third-order valence-corrected chi connectivity index (χ3v) is 4.21. The van der Waals surface area contributed by atoms with Crippen LogP contribution in [0.1, 0.15) is 28.7 Å². The zero-order chi connectivity index (χ0) is 16.1. The van der Waals surface area contributed by atoms with Crippen LogP contribution in [-0.2, 0) is 30.7 Å². The van der Waals surface area contributed by atoms with E-state index in [0.29, 0.717) is 19.1 Å². The summed E-state index contributed by atoms with van der Waals surface area (Å²) in [4.78, 5) is 4.45. The van der Waals surface area contributed by atoms with Crippen LogP contribution in [-0.4, -0.2) is 13.1 Å². The van der Waals surface area contributed by atoms with Crippen LogP contribution in [0.15, 0.2) is 47.5 Å². The molecule has 0 unspecified atom stereocenters. The maximum absolute atomic E-state index is 6.03. The van der Waals surface area contributed by atoms with E-state index in [9.17, 15) is 0 Å². The standard InChI is InChI=1S/C19H23N3O/c1-23-13-17-6-3-2-5-16(17)12-21-19(20)22-18-10-9-14-7-4-8-15(14)11-18/h2-3,5-6,9-11H,4,7-8,12-13H2,1H3,(H3,20,21,22). The Morgan fingerprint density at radius 2 is 1.91 bits per heavy atom. The molecular formula is C19H23N3O. The van der Waals surface area contributed by atoms with Crippen LogP contribution in [0.5, 0.6) is 0 Å². The summed E-state index contributed by atoms with van der Waals surface area (Å²) in [5.41, 5.74) is 12.2. The monoisotopic (exact) mass is 309 g/mol. The Labute approximate surface area is 137 Å². The number of hydrogen-bond acceptors (Lipinski definition) is 2. The molecule has 3 rings (SSSR count). The number of hydrogen-bond donors (Lipinski definition) is 2. The number of nitrogens with two attached hydrogens (primary N) is 1. The number of guanidine groups is 1. The Bertz CT molecular complexity index is 710. The molecule has 0 aromatic heterocycles. The van der Waals surface area contributed by atoms with Crippen molar-refractivity contribution in [2.45, 2.75) is 32.4 Å². The molecule has 0 atom stereocenters. The lowest BCUT2D eigenvalue weighted by atomic mass is 10.1. The van der Waals surface area contributed by atoms with Crippen molar-refractivity contribution >= 4 is 11.6 Å². The largest absolute Gasteiger partial charge is 0.380 e. The number of fused-ring (bicyclic) bond motifs is 1. The van der Waals surface area contributed by atoms with Crippen LogP contribution in [0.25, 0.3) is 0 Å². The Kier molecular flexibility index (Phi) is 4.93. The molecule has 0 amide bonds. The molecule has 2 aromatic rings. The summed E-state index contributed by atoms with van der Waals surface area (Å²) >= 11 is 0. The van der Waals surface area contributed by atoms with Gasteiger partial charge in [-0.2, -0.15) is 0 Å². The third kappa shape index (κ3) is 3.90. The highest BCUT2D eigenvalue weighted by molar-refractivity contribution is 5.92. The predicted molar refractivity (Wildman–Crippen MR) is 94.6 cm³/mol.